The Kier molecular flexibility index (Phi) is 5.27. The number of halogens is 1. The third kappa shape index (κ3) is 4.27. The number of amides is 1. The maximum Gasteiger partial charge on any atom is 0.295 e. The average molecular weight is 447 g/mol. The van der Waals surface area contributed by atoms with Crippen LogP contribution in [0.2, 0.25) is 0 Å². The van der Waals surface area contributed by atoms with E-state index in [9.17, 15) is 4.79 Å². The van der Waals surface area contributed by atoms with Crippen LogP contribution >= 0.6 is 15.9 Å². The van der Waals surface area contributed by atoms with Gasteiger partial charge in [0.25, 0.3) is 5.91 Å². The molecule has 0 unspecified atom stereocenters. The van der Waals surface area contributed by atoms with Crippen LogP contribution in [0.25, 0.3) is 17.1 Å². The Hall–Kier alpha value is -3.25. The zero-order chi connectivity index (χ0) is 20.4. The van der Waals surface area contributed by atoms with Crippen LogP contribution in [0.15, 0.2) is 77.3 Å². The summed E-state index contributed by atoms with van der Waals surface area (Å²) in [4.78, 5) is 17.4. The van der Waals surface area contributed by atoms with Crippen molar-refractivity contribution in [2.24, 2.45) is 0 Å². The lowest BCUT2D eigenvalue weighted by Gasteiger charge is -2.06. The molecule has 0 saturated carbocycles. The summed E-state index contributed by atoms with van der Waals surface area (Å²) in [5, 5.41) is 7.39. The highest BCUT2D eigenvalue weighted by molar-refractivity contribution is 9.10. The van der Waals surface area contributed by atoms with Crippen molar-refractivity contribution in [1.29, 1.82) is 0 Å². The number of nitrogens with zero attached hydrogens (tertiary/aromatic N) is 3. The van der Waals surface area contributed by atoms with Crippen molar-refractivity contribution in [1.82, 2.24) is 14.8 Å². The molecule has 0 radical (unpaired) electrons. The minimum Gasteiger partial charge on any atom is -0.319 e. The Labute approximate surface area is 177 Å². The lowest BCUT2D eigenvalue weighted by atomic mass is 10.1. The van der Waals surface area contributed by atoms with Crippen LogP contribution in [0.1, 0.15) is 21.7 Å². The maximum absolute atomic E-state index is 12.8. The lowest BCUT2D eigenvalue weighted by molar-refractivity contribution is 0.101. The Morgan fingerprint density at radius 2 is 1.62 bits per heavy atom. The molecule has 0 atom stereocenters. The highest BCUT2D eigenvalue weighted by atomic mass is 79.9. The van der Waals surface area contributed by atoms with Crippen LogP contribution in [-0.2, 0) is 0 Å². The number of aryl methyl sites for hydroxylation is 2. The monoisotopic (exact) mass is 446 g/mol. The molecular weight excluding hydrogens is 428 g/mol. The molecule has 1 amide bonds. The fourth-order valence-corrected chi connectivity index (χ4v) is 3.32. The number of hydrogen-bond donors (Lipinski definition) is 1. The fourth-order valence-electron chi connectivity index (χ4n) is 3.05. The van der Waals surface area contributed by atoms with E-state index in [1.807, 2.05) is 86.6 Å². The Balaban J connectivity index is 1.76. The zero-order valence-corrected chi connectivity index (χ0v) is 17.6. The van der Waals surface area contributed by atoms with Gasteiger partial charge in [-0.05, 0) is 61.9 Å². The van der Waals surface area contributed by atoms with Gasteiger partial charge in [0.1, 0.15) is 0 Å². The van der Waals surface area contributed by atoms with Crippen molar-refractivity contribution in [2.75, 3.05) is 5.32 Å². The van der Waals surface area contributed by atoms with E-state index in [2.05, 4.69) is 31.3 Å². The van der Waals surface area contributed by atoms with Gasteiger partial charge in [0.2, 0.25) is 5.82 Å². The van der Waals surface area contributed by atoms with Gasteiger partial charge < -0.3 is 5.32 Å². The number of anilines is 1. The minimum atomic E-state index is -0.347. The molecule has 4 aromatic rings. The molecule has 4 rings (SSSR count). The van der Waals surface area contributed by atoms with E-state index in [1.54, 1.807) is 4.68 Å². The molecule has 1 N–H and O–H groups in total. The third-order valence-corrected chi connectivity index (χ3v) is 4.96. The predicted molar refractivity (Wildman–Crippen MR) is 118 cm³/mol. The van der Waals surface area contributed by atoms with Crippen molar-refractivity contribution in [3.05, 3.63) is 94.2 Å². The molecule has 0 spiro atoms. The molecule has 1 heterocycles. The summed E-state index contributed by atoms with van der Waals surface area (Å²) in [5.41, 5.74) is 4.61. The van der Waals surface area contributed by atoms with Gasteiger partial charge in [0, 0.05) is 15.7 Å². The van der Waals surface area contributed by atoms with Gasteiger partial charge in [-0.2, -0.15) is 0 Å². The first-order valence-corrected chi connectivity index (χ1v) is 9.97. The topological polar surface area (TPSA) is 59.8 Å². The van der Waals surface area contributed by atoms with Crippen LogP contribution in [0.5, 0.6) is 0 Å². The molecule has 0 fully saturated rings. The highest BCUT2D eigenvalue weighted by Gasteiger charge is 2.19. The van der Waals surface area contributed by atoms with Gasteiger partial charge in [-0.25, -0.2) is 9.67 Å². The second-order valence-corrected chi connectivity index (χ2v) is 7.76. The molecule has 1 aromatic heterocycles. The van der Waals surface area contributed by atoms with Gasteiger partial charge >= 0.3 is 0 Å². The van der Waals surface area contributed by atoms with Crippen LogP contribution in [-0.4, -0.2) is 20.7 Å². The van der Waals surface area contributed by atoms with E-state index in [4.69, 9.17) is 0 Å². The molecule has 3 aromatic carbocycles. The molecule has 0 aliphatic carbocycles. The standard InChI is InChI=1S/C23H19BrN4O/c1-15-5-3-7-17(13-15)22-26-21(23(29)25-19-8-4-6-16(2)14-19)27-28(22)20-11-9-18(24)10-12-20/h3-14H,1-2H3,(H,25,29). The van der Waals surface area contributed by atoms with Gasteiger partial charge in [-0.1, -0.05) is 51.8 Å². The SMILES string of the molecule is Cc1cccc(NC(=O)c2nc(-c3cccc(C)c3)n(-c3ccc(Br)cc3)n2)c1. The summed E-state index contributed by atoms with van der Waals surface area (Å²) < 4.78 is 2.67. The molecule has 6 heteroatoms. The normalized spacial score (nSPS) is 10.7. The van der Waals surface area contributed by atoms with Crippen LogP contribution in [0, 0.1) is 13.8 Å². The molecule has 0 bridgehead atoms. The number of carbonyl (C=O) groups is 1. The van der Waals surface area contributed by atoms with Gasteiger partial charge in [0.15, 0.2) is 5.82 Å². The predicted octanol–water partition coefficient (Wildman–Crippen LogP) is 5.57. The number of rotatable bonds is 4. The lowest BCUT2D eigenvalue weighted by Crippen LogP contribution is -2.14. The Morgan fingerprint density at radius 3 is 2.31 bits per heavy atom. The van der Waals surface area contributed by atoms with Crippen LogP contribution < -0.4 is 5.32 Å². The minimum absolute atomic E-state index is 0.117. The summed E-state index contributed by atoms with van der Waals surface area (Å²) in [6.07, 6.45) is 0. The quantitative estimate of drug-likeness (QED) is 0.445. The molecule has 5 nitrogen and oxygen atoms in total. The van der Waals surface area contributed by atoms with E-state index in [1.165, 1.54) is 0 Å². The Bertz CT molecular complexity index is 1180. The van der Waals surface area contributed by atoms with Crippen LogP contribution in [0.3, 0.4) is 0 Å². The summed E-state index contributed by atoms with van der Waals surface area (Å²) in [6, 6.07) is 23.4. The van der Waals surface area contributed by atoms with Crippen molar-refractivity contribution < 1.29 is 4.79 Å². The molecular formula is C23H19BrN4O. The summed E-state index contributed by atoms with van der Waals surface area (Å²) >= 11 is 3.45. The van der Waals surface area contributed by atoms with Crippen molar-refractivity contribution >= 4 is 27.5 Å². The largest absolute Gasteiger partial charge is 0.319 e. The third-order valence-electron chi connectivity index (χ3n) is 4.43. The first-order chi connectivity index (χ1) is 14.0. The molecule has 144 valence electrons. The summed E-state index contributed by atoms with van der Waals surface area (Å²) in [7, 11) is 0. The number of benzene rings is 3. The van der Waals surface area contributed by atoms with Crippen LogP contribution in [0.4, 0.5) is 5.69 Å². The van der Waals surface area contributed by atoms with E-state index in [0.29, 0.717) is 11.5 Å². The summed E-state index contributed by atoms with van der Waals surface area (Å²) in [6.45, 7) is 4.00. The van der Waals surface area contributed by atoms with Gasteiger partial charge in [0.05, 0.1) is 5.69 Å². The zero-order valence-electron chi connectivity index (χ0n) is 16.1. The smallest absolute Gasteiger partial charge is 0.295 e. The van der Waals surface area contributed by atoms with E-state index >= 15 is 0 Å². The van der Waals surface area contributed by atoms with Crippen molar-refractivity contribution in [3.8, 4) is 17.1 Å². The Morgan fingerprint density at radius 1 is 0.931 bits per heavy atom. The van der Waals surface area contributed by atoms with Crippen molar-refractivity contribution in [3.63, 3.8) is 0 Å². The van der Waals surface area contributed by atoms with Gasteiger partial charge in [-0.3, -0.25) is 4.79 Å². The molecule has 0 aliphatic heterocycles. The van der Waals surface area contributed by atoms with E-state index in [0.717, 1.165) is 26.9 Å². The van der Waals surface area contributed by atoms with E-state index < -0.39 is 0 Å². The number of nitrogens with one attached hydrogen (secondary N) is 1. The van der Waals surface area contributed by atoms with Crippen molar-refractivity contribution in [2.45, 2.75) is 13.8 Å². The number of hydrogen-bond acceptors (Lipinski definition) is 3. The molecule has 0 saturated heterocycles. The average Bonchev–Trinajstić information content (AvgIpc) is 3.14. The summed E-state index contributed by atoms with van der Waals surface area (Å²) in [5.74, 6) is 0.386. The highest BCUT2D eigenvalue weighted by Crippen LogP contribution is 2.24. The molecule has 0 aliphatic rings. The first-order valence-electron chi connectivity index (χ1n) is 9.18. The van der Waals surface area contributed by atoms with E-state index in [-0.39, 0.29) is 11.7 Å². The fraction of sp³-hybridized carbons (Fsp3) is 0.0870. The second kappa shape index (κ2) is 8.01. The number of aromatic nitrogens is 3. The second-order valence-electron chi connectivity index (χ2n) is 6.84. The van der Waals surface area contributed by atoms with Gasteiger partial charge in [-0.15, -0.1) is 5.10 Å². The number of carbonyl (C=O) groups excluding carboxylic acids is 1. The maximum atomic E-state index is 12.8. The first kappa shape index (κ1) is 19.1. The molecule has 29 heavy (non-hydrogen) atoms.